The molecule has 3 aromatic rings. The second kappa shape index (κ2) is 5.01. The zero-order valence-electron chi connectivity index (χ0n) is 10.9. The average Bonchev–Trinajstić information content (AvgIpc) is 2.83. The van der Waals surface area contributed by atoms with E-state index in [1.165, 1.54) is 6.07 Å². The number of nitrogens with zero attached hydrogens (tertiary/aromatic N) is 1. The van der Waals surface area contributed by atoms with Crippen molar-refractivity contribution in [1.82, 2.24) is 9.97 Å². The van der Waals surface area contributed by atoms with Crippen LogP contribution >= 0.6 is 22.6 Å². The van der Waals surface area contributed by atoms with Crippen LogP contribution in [0.4, 0.5) is 13.2 Å². The molecule has 0 saturated heterocycles. The maximum Gasteiger partial charge on any atom is 0.416 e. The molecule has 1 aromatic heterocycles. The molecule has 0 aliphatic carbocycles. The van der Waals surface area contributed by atoms with Gasteiger partial charge in [-0.1, -0.05) is 18.2 Å². The van der Waals surface area contributed by atoms with Gasteiger partial charge >= 0.3 is 6.18 Å². The number of nitrogens with one attached hydrogen (secondary N) is 1. The number of imidazole rings is 1. The van der Waals surface area contributed by atoms with E-state index < -0.39 is 11.7 Å². The summed E-state index contributed by atoms with van der Waals surface area (Å²) in [6, 6.07) is 9.32. The van der Waals surface area contributed by atoms with Crippen LogP contribution in [0, 0.1) is 10.5 Å². The quantitative estimate of drug-likeness (QED) is 0.560. The van der Waals surface area contributed by atoms with E-state index in [-0.39, 0.29) is 0 Å². The smallest absolute Gasteiger partial charge is 0.338 e. The fraction of sp³-hybridized carbons (Fsp3) is 0.133. The molecular formula is C15H10F3IN2. The topological polar surface area (TPSA) is 28.7 Å². The van der Waals surface area contributed by atoms with E-state index in [0.29, 0.717) is 16.9 Å². The molecule has 2 aromatic carbocycles. The van der Waals surface area contributed by atoms with Gasteiger partial charge in [-0.2, -0.15) is 13.2 Å². The number of H-pyrrole nitrogens is 1. The molecule has 0 saturated carbocycles. The predicted molar refractivity (Wildman–Crippen MR) is 84.0 cm³/mol. The summed E-state index contributed by atoms with van der Waals surface area (Å²) in [6.45, 7) is 1.98. The molecule has 0 fully saturated rings. The van der Waals surface area contributed by atoms with Crippen molar-refractivity contribution in [2.24, 2.45) is 0 Å². The largest absolute Gasteiger partial charge is 0.416 e. The Hall–Kier alpha value is -1.57. The molecule has 0 aliphatic rings. The second-order valence-electron chi connectivity index (χ2n) is 4.75. The Labute approximate surface area is 132 Å². The lowest BCUT2D eigenvalue weighted by atomic mass is 10.1. The monoisotopic (exact) mass is 402 g/mol. The maximum absolute atomic E-state index is 12.7. The summed E-state index contributed by atoms with van der Waals surface area (Å²) < 4.78 is 39.2. The molecule has 6 heteroatoms. The number of benzene rings is 2. The van der Waals surface area contributed by atoms with Gasteiger partial charge in [0.05, 0.1) is 16.6 Å². The van der Waals surface area contributed by atoms with Crippen molar-refractivity contribution >= 4 is 33.6 Å². The van der Waals surface area contributed by atoms with Crippen molar-refractivity contribution in [3.8, 4) is 11.4 Å². The average molecular weight is 402 g/mol. The first-order valence-electron chi connectivity index (χ1n) is 6.19. The van der Waals surface area contributed by atoms with Crippen LogP contribution in [0.1, 0.15) is 11.1 Å². The summed E-state index contributed by atoms with van der Waals surface area (Å²) in [7, 11) is 0. The number of aryl methyl sites for hydroxylation is 1. The third-order valence-electron chi connectivity index (χ3n) is 3.26. The van der Waals surface area contributed by atoms with Crippen LogP contribution in [0.2, 0.25) is 0 Å². The molecule has 0 amide bonds. The van der Waals surface area contributed by atoms with E-state index in [4.69, 9.17) is 0 Å². The minimum Gasteiger partial charge on any atom is -0.338 e. The van der Waals surface area contributed by atoms with Gasteiger partial charge in [0, 0.05) is 9.13 Å². The van der Waals surface area contributed by atoms with Gasteiger partial charge in [-0.25, -0.2) is 4.98 Å². The highest BCUT2D eigenvalue weighted by Gasteiger charge is 2.30. The van der Waals surface area contributed by atoms with Crippen molar-refractivity contribution in [3.63, 3.8) is 0 Å². The minimum atomic E-state index is -4.35. The van der Waals surface area contributed by atoms with Gasteiger partial charge in [-0.05, 0) is 53.3 Å². The molecule has 0 aliphatic heterocycles. The maximum atomic E-state index is 12.7. The van der Waals surface area contributed by atoms with E-state index in [1.54, 1.807) is 0 Å². The number of alkyl halides is 3. The second-order valence-corrected chi connectivity index (χ2v) is 5.83. The van der Waals surface area contributed by atoms with Crippen molar-refractivity contribution in [3.05, 3.63) is 51.1 Å². The Morgan fingerprint density at radius 3 is 2.62 bits per heavy atom. The lowest BCUT2D eigenvalue weighted by Gasteiger charge is -2.05. The van der Waals surface area contributed by atoms with E-state index >= 15 is 0 Å². The van der Waals surface area contributed by atoms with Gasteiger partial charge in [0.1, 0.15) is 5.82 Å². The van der Waals surface area contributed by atoms with Gasteiger partial charge in [-0.3, -0.25) is 0 Å². The third kappa shape index (κ3) is 2.64. The van der Waals surface area contributed by atoms with Gasteiger partial charge in [-0.15, -0.1) is 0 Å². The first-order valence-corrected chi connectivity index (χ1v) is 7.26. The zero-order chi connectivity index (χ0) is 15.2. The van der Waals surface area contributed by atoms with Crippen molar-refractivity contribution in [2.45, 2.75) is 13.1 Å². The number of aromatic amines is 1. The number of aromatic nitrogens is 2. The number of rotatable bonds is 1. The molecule has 1 heterocycles. The zero-order valence-corrected chi connectivity index (χ0v) is 13.1. The van der Waals surface area contributed by atoms with E-state index in [9.17, 15) is 13.2 Å². The summed E-state index contributed by atoms with van der Waals surface area (Å²) >= 11 is 2.21. The minimum absolute atomic E-state index is 0.386. The van der Waals surface area contributed by atoms with Crippen LogP contribution < -0.4 is 0 Å². The van der Waals surface area contributed by atoms with Gasteiger partial charge < -0.3 is 4.98 Å². The van der Waals surface area contributed by atoms with Crippen molar-refractivity contribution < 1.29 is 13.2 Å². The van der Waals surface area contributed by atoms with Crippen molar-refractivity contribution in [1.29, 1.82) is 0 Å². The Kier molecular flexibility index (Phi) is 3.43. The molecule has 2 nitrogen and oxygen atoms in total. The van der Waals surface area contributed by atoms with Gasteiger partial charge in [0.2, 0.25) is 0 Å². The lowest BCUT2D eigenvalue weighted by Crippen LogP contribution is -2.04. The first-order chi connectivity index (χ1) is 9.86. The number of halogens is 4. The molecule has 0 bridgehead atoms. The van der Waals surface area contributed by atoms with E-state index in [0.717, 1.165) is 26.8 Å². The van der Waals surface area contributed by atoms with E-state index in [2.05, 4.69) is 32.6 Å². The van der Waals surface area contributed by atoms with E-state index in [1.807, 2.05) is 25.1 Å². The number of hydrogen-bond donors (Lipinski definition) is 1. The SMILES string of the molecule is Cc1cccc(-c2nc3ccc(C(F)(F)F)cc3[nH]2)c1I. The van der Waals surface area contributed by atoms with Gasteiger partial charge in [0.15, 0.2) is 0 Å². The summed E-state index contributed by atoms with van der Waals surface area (Å²) in [5, 5.41) is 0. The number of fused-ring (bicyclic) bond motifs is 1. The first kappa shape index (κ1) is 14.4. The molecule has 3 rings (SSSR count). The Balaban J connectivity index is 2.15. The molecule has 0 atom stereocenters. The summed E-state index contributed by atoms with van der Waals surface area (Å²) in [4.78, 5) is 7.36. The standard InChI is InChI=1S/C15H10F3IN2/c1-8-3-2-4-10(13(8)19)14-20-11-6-5-9(15(16,17)18)7-12(11)21-14/h2-7H,1H3,(H,20,21). The highest BCUT2D eigenvalue weighted by Crippen LogP contribution is 2.32. The highest BCUT2D eigenvalue weighted by atomic mass is 127. The van der Waals surface area contributed by atoms with Crippen LogP contribution in [-0.2, 0) is 6.18 Å². The molecular weight excluding hydrogens is 392 g/mol. The summed E-state index contributed by atoms with van der Waals surface area (Å²) in [5.41, 5.74) is 2.22. The highest BCUT2D eigenvalue weighted by molar-refractivity contribution is 14.1. The Morgan fingerprint density at radius 2 is 1.90 bits per heavy atom. The third-order valence-corrected chi connectivity index (χ3v) is 4.69. The summed E-state index contributed by atoms with van der Waals surface area (Å²) in [5.74, 6) is 0.581. The van der Waals surface area contributed by atoms with Crippen LogP contribution in [0.15, 0.2) is 36.4 Å². The van der Waals surface area contributed by atoms with Crippen LogP contribution in [0.5, 0.6) is 0 Å². The molecule has 108 valence electrons. The normalized spacial score (nSPS) is 12.0. The molecule has 0 unspecified atom stereocenters. The molecule has 1 N–H and O–H groups in total. The van der Waals surface area contributed by atoms with Crippen LogP contribution in [0.25, 0.3) is 22.4 Å². The number of hydrogen-bond acceptors (Lipinski definition) is 1. The molecule has 21 heavy (non-hydrogen) atoms. The van der Waals surface area contributed by atoms with Gasteiger partial charge in [0.25, 0.3) is 0 Å². The lowest BCUT2D eigenvalue weighted by molar-refractivity contribution is -0.137. The fourth-order valence-electron chi connectivity index (χ4n) is 2.14. The van der Waals surface area contributed by atoms with Crippen LogP contribution in [0.3, 0.4) is 0 Å². The van der Waals surface area contributed by atoms with Crippen LogP contribution in [-0.4, -0.2) is 9.97 Å². The summed E-state index contributed by atoms with van der Waals surface area (Å²) in [6.07, 6.45) is -4.35. The Morgan fingerprint density at radius 1 is 1.14 bits per heavy atom. The molecule has 0 radical (unpaired) electrons. The Bertz CT molecular complexity index is 821. The fourth-order valence-corrected chi connectivity index (χ4v) is 2.76. The van der Waals surface area contributed by atoms with Crippen molar-refractivity contribution in [2.75, 3.05) is 0 Å². The molecule has 0 spiro atoms. The predicted octanol–water partition coefficient (Wildman–Crippen LogP) is 5.16.